The van der Waals surface area contributed by atoms with Crippen LogP contribution in [0.3, 0.4) is 0 Å². The quantitative estimate of drug-likeness (QED) is 0.630. The summed E-state index contributed by atoms with van der Waals surface area (Å²) in [6, 6.07) is 13.6. The molecule has 3 aromatic rings. The van der Waals surface area contributed by atoms with E-state index in [0.717, 1.165) is 28.6 Å². The Balaban J connectivity index is 1.59. The number of anilines is 1. The van der Waals surface area contributed by atoms with E-state index in [1.165, 1.54) is 0 Å². The van der Waals surface area contributed by atoms with E-state index < -0.39 is 0 Å². The molecule has 4 nitrogen and oxygen atoms in total. The minimum Gasteiger partial charge on any atom is -0.490 e. The van der Waals surface area contributed by atoms with Gasteiger partial charge in [0.1, 0.15) is 5.15 Å². The maximum absolute atomic E-state index is 6.37. The summed E-state index contributed by atoms with van der Waals surface area (Å²) >= 11 is 12.7. The molecule has 2 heterocycles. The van der Waals surface area contributed by atoms with Crippen molar-refractivity contribution < 1.29 is 9.47 Å². The molecule has 2 aromatic carbocycles. The van der Waals surface area contributed by atoms with Crippen molar-refractivity contribution in [1.82, 2.24) is 4.98 Å². The van der Waals surface area contributed by atoms with Gasteiger partial charge in [0.15, 0.2) is 11.5 Å². The molecule has 128 valence electrons. The van der Waals surface area contributed by atoms with Crippen LogP contribution in [0.25, 0.3) is 10.9 Å². The fourth-order valence-electron chi connectivity index (χ4n) is 2.77. The Kier molecular flexibility index (Phi) is 4.55. The van der Waals surface area contributed by atoms with Crippen LogP contribution >= 0.6 is 23.2 Å². The van der Waals surface area contributed by atoms with Crippen molar-refractivity contribution in [3.8, 4) is 11.5 Å². The number of rotatable bonds is 3. The molecule has 1 aliphatic rings. The van der Waals surface area contributed by atoms with Gasteiger partial charge in [0, 0.05) is 36.0 Å². The van der Waals surface area contributed by atoms with Gasteiger partial charge in [0.05, 0.1) is 29.4 Å². The summed E-state index contributed by atoms with van der Waals surface area (Å²) in [7, 11) is 0. The number of aromatic nitrogens is 1. The van der Waals surface area contributed by atoms with Crippen LogP contribution in [0.5, 0.6) is 11.5 Å². The zero-order valence-corrected chi connectivity index (χ0v) is 14.9. The lowest BCUT2D eigenvalue weighted by Crippen LogP contribution is -2.03. The molecule has 0 saturated heterocycles. The average molecular weight is 375 g/mol. The van der Waals surface area contributed by atoms with Crippen LogP contribution in [0.2, 0.25) is 10.2 Å². The lowest BCUT2D eigenvalue weighted by molar-refractivity contribution is 0.297. The number of hydrogen-bond acceptors (Lipinski definition) is 4. The molecule has 0 fully saturated rings. The van der Waals surface area contributed by atoms with Gasteiger partial charge in [-0.25, -0.2) is 4.98 Å². The third-order valence-electron chi connectivity index (χ3n) is 4.06. The van der Waals surface area contributed by atoms with Crippen LogP contribution in [-0.4, -0.2) is 18.2 Å². The number of nitrogens with one attached hydrogen (secondary N) is 1. The maximum Gasteiger partial charge on any atom is 0.163 e. The molecule has 0 saturated carbocycles. The molecule has 4 rings (SSSR count). The smallest absolute Gasteiger partial charge is 0.163 e. The third-order valence-corrected chi connectivity index (χ3v) is 4.70. The Morgan fingerprint density at radius 1 is 1.00 bits per heavy atom. The van der Waals surface area contributed by atoms with Gasteiger partial charge >= 0.3 is 0 Å². The molecule has 6 heteroatoms. The summed E-state index contributed by atoms with van der Waals surface area (Å²) in [4.78, 5) is 4.44. The Morgan fingerprint density at radius 2 is 1.76 bits per heavy atom. The van der Waals surface area contributed by atoms with Gasteiger partial charge < -0.3 is 14.8 Å². The van der Waals surface area contributed by atoms with Crippen molar-refractivity contribution in [1.29, 1.82) is 0 Å². The van der Waals surface area contributed by atoms with Gasteiger partial charge in [0.25, 0.3) is 0 Å². The lowest BCUT2D eigenvalue weighted by Gasteiger charge is -2.14. The number of nitrogens with zero attached hydrogens (tertiary/aromatic N) is 1. The van der Waals surface area contributed by atoms with E-state index in [-0.39, 0.29) is 0 Å². The van der Waals surface area contributed by atoms with E-state index in [1.54, 1.807) is 6.07 Å². The first kappa shape index (κ1) is 16.3. The van der Waals surface area contributed by atoms with E-state index in [4.69, 9.17) is 32.7 Å². The first-order valence-corrected chi connectivity index (χ1v) is 8.83. The minimum atomic E-state index is 0.483. The number of hydrogen-bond donors (Lipinski definition) is 1. The molecule has 1 N–H and O–H groups in total. The minimum absolute atomic E-state index is 0.483. The lowest BCUT2D eigenvalue weighted by atomic mass is 10.1. The zero-order chi connectivity index (χ0) is 17.2. The van der Waals surface area contributed by atoms with Crippen molar-refractivity contribution in [2.45, 2.75) is 13.0 Å². The van der Waals surface area contributed by atoms with E-state index in [1.807, 2.05) is 36.4 Å². The van der Waals surface area contributed by atoms with Gasteiger partial charge in [-0.15, -0.1) is 0 Å². The largest absolute Gasteiger partial charge is 0.490 e. The molecule has 0 bridgehead atoms. The van der Waals surface area contributed by atoms with Crippen LogP contribution < -0.4 is 14.8 Å². The van der Waals surface area contributed by atoms with Gasteiger partial charge in [-0.1, -0.05) is 41.4 Å². The summed E-state index contributed by atoms with van der Waals surface area (Å²) in [6.45, 7) is 1.78. The molecule has 0 spiro atoms. The first-order valence-electron chi connectivity index (χ1n) is 8.08. The fraction of sp³-hybridized carbons (Fsp3) is 0.211. The van der Waals surface area contributed by atoms with Crippen LogP contribution in [-0.2, 0) is 6.54 Å². The molecule has 1 aromatic heterocycles. The second-order valence-electron chi connectivity index (χ2n) is 5.81. The second-order valence-corrected chi connectivity index (χ2v) is 6.58. The van der Waals surface area contributed by atoms with Crippen molar-refractivity contribution in [2.75, 3.05) is 18.5 Å². The highest BCUT2D eigenvalue weighted by molar-refractivity contribution is 6.33. The number of pyridine rings is 1. The normalized spacial score (nSPS) is 13.5. The number of ether oxygens (including phenoxy) is 2. The summed E-state index contributed by atoms with van der Waals surface area (Å²) in [6.07, 6.45) is 0.855. The van der Waals surface area contributed by atoms with Crippen LogP contribution in [0.4, 0.5) is 5.69 Å². The average Bonchev–Trinajstić information content (AvgIpc) is 2.84. The number of benzene rings is 2. The standard InChI is InChI=1S/C19H16Cl2N2O2/c20-14-9-17-18(25-7-3-6-24-17)10-16(14)22-11-13-8-12-4-1-2-5-15(12)23-19(13)21/h1-2,4-5,8-10,22H,3,6-7,11H2. The van der Waals surface area contributed by atoms with Gasteiger partial charge in [-0.3, -0.25) is 0 Å². The van der Waals surface area contributed by atoms with Gasteiger partial charge in [-0.05, 0) is 12.1 Å². The molecule has 0 radical (unpaired) electrons. The topological polar surface area (TPSA) is 43.4 Å². The summed E-state index contributed by atoms with van der Waals surface area (Å²) < 4.78 is 11.4. The molecule has 25 heavy (non-hydrogen) atoms. The van der Waals surface area contributed by atoms with E-state index >= 15 is 0 Å². The van der Waals surface area contributed by atoms with Crippen molar-refractivity contribution in [3.63, 3.8) is 0 Å². The van der Waals surface area contributed by atoms with Gasteiger partial charge in [0.2, 0.25) is 0 Å². The number of para-hydroxylation sites is 1. The predicted molar refractivity (Wildman–Crippen MR) is 101 cm³/mol. The summed E-state index contributed by atoms with van der Waals surface area (Å²) in [5.41, 5.74) is 2.56. The Labute approximate surface area is 155 Å². The number of halogens is 2. The molecule has 0 atom stereocenters. The molecular formula is C19H16Cl2N2O2. The third kappa shape index (κ3) is 3.46. The van der Waals surface area contributed by atoms with Crippen LogP contribution in [0, 0.1) is 0 Å². The Hall–Kier alpha value is -2.17. The molecule has 1 aliphatic heterocycles. The van der Waals surface area contributed by atoms with Crippen molar-refractivity contribution in [3.05, 3.63) is 58.2 Å². The number of fused-ring (bicyclic) bond motifs is 2. The maximum atomic E-state index is 6.37. The molecular weight excluding hydrogens is 359 g/mol. The first-order chi connectivity index (χ1) is 12.2. The molecule has 0 amide bonds. The van der Waals surface area contributed by atoms with E-state index in [9.17, 15) is 0 Å². The SMILES string of the molecule is Clc1cc2c(cc1NCc1cc3ccccc3nc1Cl)OCCCO2. The summed E-state index contributed by atoms with van der Waals surface area (Å²) in [5.74, 6) is 1.38. The molecule has 0 unspecified atom stereocenters. The van der Waals surface area contributed by atoms with Crippen LogP contribution in [0.1, 0.15) is 12.0 Å². The van der Waals surface area contributed by atoms with E-state index in [2.05, 4.69) is 10.3 Å². The Bertz CT molecular complexity index is 931. The molecule has 0 aliphatic carbocycles. The Morgan fingerprint density at radius 3 is 2.60 bits per heavy atom. The van der Waals surface area contributed by atoms with Crippen LogP contribution in [0.15, 0.2) is 42.5 Å². The predicted octanol–water partition coefficient (Wildman–Crippen LogP) is 5.32. The summed E-state index contributed by atoms with van der Waals surface area (Å²) in [5, 5.41) is 5.42. The highest BCUT2D eigenvalue weighted by atomic mass is 35.5. The highest BCUT2D eigenvalue weighted by Gasteiger charge is 2.14. The highest BCUT2D eigenvalue weighted by Crippen LogP contribution is 2.38. The zero-order valence-electron chi connectivity index (χ0n) is 13.4. The van der Waals surface area contributed by atoms with E-state index in [0.29, 0.717) is 41.4 Å². The fourth-order valence-corrected chi connectivity index (χ4v) is 3.20. The van der Waals surface area contributed by atoms with Crippen molar-refractivity contribution in [2.24, 2.45) is 0 Å². The monoisotopic (exact) mass is 374 g/mol. The van der Waals surface area contributed by atoms with Crippen molar-refractivity contribution >= 4 is 39.8 Å². The second kappa shape index (κ2) is 6.98. The van der Waals surface area contributed by atoms with Gasteiger partial charge in [-0.2, -0.15) is 0 Å².